The number of fused-ring (bicyclic) bond motifs is 2. The first-order valence-corrected chi connectivity index (χ1v) is 32.2. The second-order valence-electron chi connectivity index (χ2n) is 18.4. The van der Waals surface area contributed by atoms with Crippen LogP contribution in [-0.2, 0) is 80.2 Å². The van der Waals surface area contributed by atoms with Crippen molar-refractivity contribution in [2.45, 2.75) is 43.2 Å². The zero-order valence-electron chi connectivity index (χ0n) is 44.0. The number of benzene rings is 8. The molecule has 0 bridgehead atoms. The molecule has 0 aromatic heterocycles. The van der Waals surface area contributed by atoms with Crippen LogP contribution in [0.5, 0.6) is 0 Å². The van der Waals surface area contributed by atoms with Crippen molar-refractivity contribution < 1.29 is 121 Å². The predicted octanol–water partition coefficient (Wildman–Crippen LogP) is 6.74. The molecule has 8 aromatic rings. The Morgan fingerprint density at radius 1 is 0.322 bits per heavy atom. The zero-order chi connectivity index (χ0) is 63.4. The average Bonchev–Trinajstić information content (AvgIpc) is 0.808. The predicted molar refractivity (Wildman–Crippen MR) is 306 cm³/mol. The van der Waals surface area contributed by atoms with Gasteiger partial charge in [-0.1, -0.05) is 24.3 Å². The van der Waals surface area contributed by atoms with Gasteiger partial charge in [0.2, 0.25) is 0 Å². The monoisotopic (exact) mass is 1360 g/mol. The number of amides is 6. The minimum Gasteiger partial charge on any atom is -0.322 e. The minimum atomic E-state index is -5.45. The molecule has 0 radical (unpaired) electrons. The van der Waals surface area contributed by atoms with Crippen molar-refractivity contribution in [1.29, 1.82) is 0 Å². The Kier molecular flexibility index (Phi) is 18.5. The third kappa shape index (κ3) is 15.0. The van der Waals surface area contributed by atoms with Gasteiger partial charge in [0.15, 0.2) is 0 Å². The molecule has 6 amide bonds. The fourth-order valence-electron chi connectivity index (χ4n) is 8.50. The largest absolute Gasteiger partial charge is 2.00 e. The van der Waals surface area contributed by atoms with Gasteiger partial charge in [0.25, 0.3) is 84.3 Å². The van der Waals surface area contributed by atoms with Crippen LogP contribution in [0.15, 0.2) is 163 Å². The molecule has 0 unspecified atom stereocenters. The van der Waals surface area contributed by atoms with Gasteiger partial charge in [-0.2, -0.15) is 50.5 Å². The Morgan fingerprint density at radius 2 is 0.632 bits per heavy atom. The fraction of sp³-hybridized carbons (Fsp3) is 0.0392. The van der Waals surface area contributed by atoms with Crippen LogP contribution < -0.4 is 31.9 Å². The number of aryl methyl sites for hydroxylation is 2. The van der Waals surface area contributed by atoms with E-state index in [1.165, 1.54) is 84.9 Å². The molecule has 87 heavy (non-hydrogen) atoms. The van der Waals surface area contributed by atoms with Gasteiger partial charge in [-0.25, -0.2) is 4.79 Å². The van der Waals surface area contributed by atoms with Crippen molar-refractivity contribution in [3.63, 3.8) is 0 Å². The fourth-order valence-corrected chi connectivity index (χ4v) is 12.6. The van der Waals surface area contributed by atoms with E-state index in [9.17, 15) is 102 Å². The summed E-state index contributed by atoms with van der Waals surface area (Å²) in [6, 6.07) is 22.6. The number of urea groups is 1. The molecule has 0 fully saturated rings. The quantitative estimate of drug-likeness (QED) is 0.0352. The molecule has 0 saturated carbocycles. The second-order valence-corrected chi connectivity index (χ2v) is 26.8. The summed E-state index contributed by atoms with van der Waals surface area (Å²) in [4.78, 5) is 60.8. The number of anilines is 6. The summed E-state index contributed by atoms with van der Waals surface area (Å²) in [5.74, 6) is -3.56. The minimum absolute atomic E-state index is 0. The van der Waals surface area contributed by atoms with E-state index < -0.39 is 153 Å². The summed E-state index contributed by atoms with van der Waals surface area (Å²) in [6.07, 6.45) is 0. The summed E-state index contributed by atoms with van der Waals surface area (Å²) in [7, 11) is -31.9. The van der Waals surface area contributed by atoms with E-state index in [1.54, 1.807) is 13.8 Å². The third-order valence-electron chi connectivity index (χ3n) is 12.5. The van der Waals surface area contributed by atoms with Gasteiger partial charge >= 0.3 is 25.5 Å². The Morgan fingerprint density at radius 3 is 0.943 bits per heavy atom. The summed E-state index contributed by atoms with van der Waals surface area (Å²) in [5.41, 5.74) is -0.385. The zero-order valence-corrected chi connectivity index (χ0v) is 51.8. The molecule has 29 nitrogen and oxygen atoms in total. The van der Waals surface area contributed by atoms with Crippen LogP contribution in [0.3, 0.4) is 0 Å². The van der Waals surface area contributed by atoms with E-state index in [4.69, 9.17) is 0 Å². The summed E-state index contributed by atoms with van der Waals surface area (Å²) < 4.78 is 206. The maximum atomic E-state index is 13.7. The van der Waals surface area contributed by atoms with Crippen LogP contribution in [-0.4, -0.2) is 107 Å². The van der Waals surface area contributed by atoms with Crippen LogP contribution in [0.25, 0.3) is 21.5 Å². The van der Waals surface area contributed by atoms with Crippen LogP contribution in [0.1, 0.15) is 52.6 Å². The SMILES string of the molecule is Cc1ccc(C(=O)Nc2ccc(S(=O)(=O)O)c3cc(S(=O)(=O)O)cc(S(=O)(=O)O)c23)cc1NC(=O)c1cccc(NC(=O)Nc2cccc(C(=O)Nc3cc(C(=O)Nc4ccc(S(=O)(=O)O)c5cc(S(=O)(=O)O)cc(S(=O)(=O)O)c45)ccc3C)c2)c1.[Zn+2]. The molecule has 12 N–H and O–H groups in total. The summed E-state index contributed by atoms with van der Waals surface area (Å²) in [6.45, 7) is 3.12. The number of hydrogen-bond donors (Lipinski definition) is 12. The Bertz CT molecular complexity index is 4720. The summed E-state index contributed by atoms with van der Waals surface area (Å²) >= 11 is 0. The van der Waals surface area contributed by atoms with E-state index >= 15 is 0 Å². The number of hydrogen-bond acceptors (Lipinski definition) is 17. The van der Waals surface area contributed by atoms with Crippen molar-refractivity contribution in [2.75, 3.05) is 31.9 Å². The molecule has 36 heteroatoms. The van der Waals surface area contributed by atoms with Gasteiger partial charge in [0.1, 0.15) is 19.6 Å². The normalized spacial score (nSPS) is 12.1. The molecule has 8 aromatic carbocycles. The van der Waals surface area contributed by atoms with Crippen LogP contribution in [0.2, 0.25) is 0 Å². The molecular weight excluding hydrogens is 1320 g/mol. The molecule has 0 aliphatic rings. The first-order chi connectivity index (χ1) is 39.8. The van der Waals surface area contributed by atoms with Gasteiger partial charge in [-0.3, -0.25) is 46.5 Å². The second kappa shape index (κ2) is 24.4. The van der Waals surface area contributed by atoms with Crippen molar-refractivity contribution >= 4 is 146 Å². The first kappa shape index (κ1) is 66.0. The van der Waals surface area contributed by atoms with Gasteiger partial charge in [0, 0.05) is 66.5 Å². The molecule has 0 aliphatic heterocycles. The van der Waals surface area contributed by atoms with Gasteiger partial charge < -0.3 is 31.9 Å². The first-order valence-electron chi connectivity index (χ1n) is 23.6. The molecular formula is C51H40N6O23S6Zn+2. The number of rotatable bonds is 16. The van der Waals surface area contributed by atoms with Gasteiger partial charge in [0.05, 0.1) is 21.2 Å². The smallest absolute Gasteiger partial charge is 0.322 e. The maximum Gasteiger partial charge on any atom is 2.00 e. The molecule has 0 spiro atoms. The Labute approximate surface area is 505 Å². The standard InChI is InChI=1S/C51H40N6O23S6.Zn/c1-25-9-11-29(49(60)54-37-13-15-41(83(69,70)71)35-21-33(81(63,64)65)23-43(45(35)37)85(75,76)77)19-39(25)56-47(58)27-5-3-7-31(17-27)52-51(62)53-32-8-4-6-28(18-32)48(59)57-40-20-30(12-10-26(40)2)50(61)55-38-14-16-42(84(72,73)74)36-22-34(82(66,67)68)24-44(46(36)38)86(78,79)80;/h3-24H,1-2H3,(H,54,60)(H,55,61)(H,56,58)(H,57,59)(H2,52,53,62)(H,63,64,65)(H,66,67,68)(H,69,70,71)(H,72,73,74)(H,75,76,77)(H,78,79,80);/q;+2. The van der Waals surface area contributed by atoms with E-state index in [0.717, 1.165) is 12.1 Å². The Hall–Kier alpha value is -8.49. The molecule has 0 aliphatic carbocycles. The number of nitrogens with one attached hydrogen (secondary N) is 6. The van der Waals surface area contributed by atoms with Gasteiger partial charge in [-0.15, -0.1) is 0 Å². The number of carbonyl (C=O) groups is 5. The van der Waals surface area contributed by atoms with Crippen molar-refractivity contribution in [2.24, 2.45) is 0 Å². The van der Waals surface area contributed by atoms with E-state index in [0.29, 0.717) is 47.5 Å². The molecule has 8 rings (SSSR count). The molecule has 0 atom stereocenters. The maximum absolute atomic E-state index is 13.7. The van der Waals surface area contributed by atoms with Crippen molar-refractivity contribution in [1.82, 2.24) is 0 Å². The van der Waals surface area contributed by atoms with Crippen molar-refractivity contribution in [3.8, 4) is 0 Å². The van der Waals surface area contributed by atoms with E-state index in [2.05, 4.69) is 31.9 Å². The van der Waals surface area contributed by atoms with Gasteiger partial charge in [-0.05, 0) is 134 Å². The Balaban J connectivity index is 0.0000108. The van der Waals surface area contributed by atoms with E-state index in [-0.39, 0.29) is 64.5 Å². The third-order valence-corrected chi connectivity index (χ3v) is 17.7. The van der Waals surface area contributed by atoms with Crippen molar-refractivity contribution in [3.05, 3.63) is 167 Å². The molecule has 0 heterocycles. The summed E-state index contributed by atoms with van der Waals surface area (Å²) in [5, 5.41) is 11.8. The average molecular weight is 1360 g/mol. The molecule has 0 saturated heterocycles. The van der Waals surface area contributed by atoms with E-state index in [1.807, 2.05) is 0 Å². The molecule has 448 valence electrons. The topological polar surface area (TPSA) is 484 Å². The van der Waals surface area contributed by atoms with Crippen LogP contribution >= 0.6 is 0 Å². The van der Waals surface area contributed by atoms with Crippen LogP contribution in [0.4, 0.5) is 38.9 Å². The number of carbonyl (C=O) groups excluding carboxylic acids is 5. The van der Waals surface area contributed by atoms with Crippen LogP contribution in [0, 0.1) is 13.8 Å².